The number of hydrogen-bond acceptors (Lipinski definition) is 5. The minimum absolute atomic E-state index is 0.109. The fourth-order valence-corrected chi connectivity index (χ4v) is 5.93. The molecule has 0 unspecified atom stereocenters. The zero-order chi connectivity index (χ0) is 22.7. The number of fused-ring (bicyclic) bond motifs is 1. The second-order valence-corrected chi connectivity index (χ2v) is 10.4. The van der Waals surface area contributed by atoms with E-state index in [9.17, 15) is 12.8 Å². The van der Waals surface area contributed by atoms with Gasteiger partial charge in [0, 0.05) is 48.7 Å². The molecule has 1 saturated carbocycles. The molecule has 8 heteroatoms. The van der Waals surface area contributed by atoms with Crippen LogP contribution in [0.1, 0.15) is 31.2 Å². The molecule has 0 bridgehead atoms. The molecule has 2 heterocycles. The number of nitrogens with one attached hydrogen (secondary N) is 1. The number of allylic oxidation sites excluding steroid dienone is 5. The minimum atomic E-state index is -3.15. The van der Waals surface area contributed by atoms with E-state index in [4.69, 9.17) is 5.26 Å². The normalized spacial score (nSPS) is 18.7. The third-order valence-electron chi connectivity index (χ3n) is 5.86. The molecule has 1 aromatic heterocycles. The van der Waals surface area contributed by atoms with Crippen LogP contribution in [-0.4, -0.2) is 42.1 Å². The quantitative estimate of drug-likeness (QED) is 0.492. The maximum atomic E-state index is 13.6. The SMILES string of the molecule is C=C(F)C=C(C=CC#N)c1cc(NC2CCN(S(=O)(=O)C3CC3)CC2)c2cnccc2c1. The van der Waals surface area contributed by atoms with Gasteiger partial charge >= 0.3 is 0 Å². The zero-order valence-corrected chi connectivity index (χ0v) is 18.5. The lowest BCUT2D eigenvalue weighted by Crippen LogP contribution is -2.43. The summed E-state index contributed by atoms with van der Waals surface area (Å²) in [4.78, 5) is 4.24. The monoisotopic (exact) mass is 452 g/mol. The summed E-state index contributed by atoms with van der Waals surface area (Å²) in [5, 5.41) is 14.1. The van der Waals surface area contributed by atoms with Crippen molar-refractivity contribution in [2.24, 2.45) is 0 Å². The number of pyridine rings is 1. The van der Waals surface area contributed by atoms with Crippen molar-refractivity contribution in [3.05, 3.63) is 66.8 Å². The number of hydrogen-bond donors (Lipinski definition) is 1. The topological polar surface area (TPSA) is 86.1 Å². The summed E-state index contributed by atoms with van der Waals surface area (Å²) in [5.74, 6) is -0.601. The van der Waals surface area contributed by atoms with Crippen molar-refractivity contribution < 1.29 is 12.8 Å². The first-order valence-electron chi connectivity index (χ1n) is 10.6. The van der Waals surface area contributed by atoms with Gasteiger partial charge in [-0.2, -0.15) is 5.26 Å². The van der Waals surface area contributed by atoms with Gasteiger partial charge in [0.1, 0.15) is 5.83 Å². The second-order valence-electron chi connectivity index (χ2n) is 8.19. The van der Waals surface area contributed by atoms with Crippen LogP contribution in [0.15, 0.2) is 61.2 Å². The number of nitrogens with zero attached hydrogens (tertiary/aromatic N) is 3. The molecule has 0 radical (unpaired) electrons. The summed E-state index contributed by atoms with van der Waals surface area (Å²) in [5.41, 5.74) is 2.12. The van der Waals surface area contributed by atoms with E-state index >= 15 is 0 Å². The molecule has 166 valence electrons. The van der Waals surface area contributed by atoms with E-state index in [1.54, 1.807) is 22.8 Å². The number of aromatic nitrogens is 1. The summed E-state index contributed by atoms with van der Waals surface area (Å²) < 4.78 is 40.2. The minimum Gasteiger partial charge on any atom is -0.382 e. The van der Waals surface area contributed by atoms with Gasteiger partial charge in [-0.3, -0.25) is 4.98 Å². The maximum absolute atomic E-state index is 13.6. The first kappa shape index (κ1) is 22.2. The van der Waals surface area contributed by atoms with Crippen molar-refractivity contribution in [1.82, 2.24) is 9.29 Å². The summed E-state index contributed by atoms with van der Waals surface area (Å²) in [6.07, 6.45) is 10.6. The molecule has 0 atom stereocenters. The van der Waals surface area contributed by atoms with E-state index in [0.717, 1.165) is 34.9 Å². The third kappa shape index (κ3) is 4.90. The van der Waals surface area contributed by atoms with Gasteiger partial charge < -0.3 is 5.32 Å². The van der Waals surface area contributed by atoms with Gasteiger partial charge in [0.2, 0.25) is 10.0 Å². The van der Waals surface area contributed by atoms with Crippen LogP contribution in [0.2, 0.25) is 0 Å². The highest BCUT2D eigenvalue weighted by molar-refractivity contribution is 7.90. The number of anilines is 1. The predicted octanol–water partition coefficient (Wildman–Crippen LogP) is 4.55. The Morgan fingerprint density at radius 1 is 1.28 bits per heavy atom. The molecule has 32 heavy (non-hydrogen) atoms. The number of benzene rings is 1. The number of nitriles is 1. The van der Waals surface area contributed by atoms with Gasteiger partial charge in [-0.1, -0.05) is 6.58 Å². The lowest BCUT2D eigenvalue weighted by atomic mass is 9.98. The van der Waals surface area contributed by atoms with Crippen LogP contribution in [0.4, 0.5) is 10.1 Å². The average Bonchev–Trinajstić information content (AvgIpc) is 3.63. The van der Waals surface area contributed by atoms with Crippen LogP contribution >= 0.6 is 0 Å². The van der Waals surface area contributed by atoms with Crippen molar-refractivity contribution in [3.63, 3.8) is 0 Å². The number of rotatable bonds is 7. The lowest BCUT2D eigenvalue weighted by molar-refractivity contribution is 0.329. The molecule has 0 amide bonds. The largest absolute Gasteiger partial charge is 0.382 e. The molecule has 2 aliphatic rings. The van der Waals surface area contributed by atoms with Gasteiger partial charge in [-0.15, -0.1) is 0 Å². The van der Waals surface area contributed by atoms with Crippen LogP contribution in [0.3, 0.4) is 0 Å². The Kier molecular flexibility index (Phi) is 6.40. The van der Waals surface area contributed by atoms with Crippen LogP contribution < -0.4 is 5.32 Å². The summed E-state index contributed by atoms with van der Waals surface area (Å²) in [7, 11) is -3.15. The Balaban J connectivity index is 1.60. The van der Waals surface area contributed by atoms with E-state index in [0.29, 0.717) is 31.5 Å². The van der Waals surface area contributed by atoms with Crippen molar-refractivity contribution in [1.29, 1.82) is 5.26 Å². The maximum Gasteiger partial charge on any atom is 0.216 e. The Bertz CT molecular complexity index is 1230. The fraction of sp³-hybridized carbons (Fsp3) is 0.333. The highest BCUT2D eigenvalue weighted by Gasteiger charge is 2.41. The fourth-order valence-electron chi connectivity index (χ4n) is 4.06. The van der Waals surface area contributed by atoms with Crippen LogP contribution in [0.5, 0.6) is 0 Å². The summed E-state index contributed by atoms with van der Waals surface area (Å²) in [6, 6.07) is 7.75. The molecule has 1 aliphatic carbocycles. The Labute approximate surface area is 187 Å². The summed E-state index contributed by atoms with van der Waals surface area (Å²) in [6.45, 7) is 4.32. The highest BCUT2D eigenvalue weighted by Crippen LogP contribution is 2.34. The summed E-state index contributed by atoms with van der Waals surface area (Å²) >= 11 is 0. The number of halogens is 1. The van der Waals surface area contributed by atoms with Crippen LogP contribution in [-0.2, 0) is 10.0 Å². The third-order valence-corrected chi connectivity index (χ3v) is 8.26. The molecule has 4 rings (SSSR count). The van der Waals surface area contributed by atoms with Gasteiger partial charge in [-0.05, 0) is 72.6 Å². The van der Waals surface area contributed by atoms with E-state index in [1.165, 1.54) is 12.2 Å². The van der Waals surface area contributed by atoms with Crippen molar-refractivity contribution in [3.8, 4) is 6.07 Å². The molecule has 2 fully saturated rings. The molecule has 1 N–H and O–H groups in total. The highest BCUT2D eigenvalue weighted by atomic mass is 32.2. The molecule has 0 spiro atoms. The van der Waals surface area contributed by atoms with E-state index < -0.39 is 15.9 Å². The zero-order valence-electron chi connectivity index (χ0n) is 17.7. The Morgan fingerprint density at radius 2 is 2.03 bits per heavy atom. The lowest BCUT2D eigenvalue weighted by Gasteiger charge is -2.32. The van der Waals surface area contributed by atoms with Gasteiger partial charge in [0.05, 0.1) is 11.3 Å². The second kappa shape index (κ2) is 9.23. The predicted molar refractivity (Wildman–Crippen MR) is 125 cm³/mol. The molecule has 6 nitrogen and oxygen atoms in total. The molecule has 1 aliphatic heterocycles. The molecular formula is C24H25FN4O2S. The van der Waals surface area contributed by atoms with Gasteiger partial charge in [-0.25, -0.2) is 17.1 Å². The van der Waals surface area contributed by atoms with Crippen LogP contribution in [0.25, 0.3) is 16.3 Å². The first-order valence-corrected chi connectivity index (χ1v) is 12.1. The smallest absolute Gasteiger partial charge is 0.216 e. The van der Waals surface area contributed by atoms with Crippen molar-refractivity contribution in [2.45, 2.75) is 37.0 Å². The first-order chi connectivity index (χ1) is 15.4. The van der Waals surface area contributed by atoms with E-state index in [-0.39, 0.29) is 11.3 Å². The van der Waals surface area contributed by atoms with E-state index in [1.807, 2.05) is 24.3 Å². The number of sulfonamides is 1. The van der Waals surface area contributed by atoms with E-state index in [2.05, 4.69) is 16.9 Å². The molecule has 2 aromatic rings. The van der Waals surface area contributed by atoms with Crippen LogP contribution in [0, 0.1) is 11.3 Å². The molecule has 1 aromatic carbocycles. The van der Waals surface area contributed by atoms with Crippen molar-refractivity contribution >= 4 is 32.1 Å². The Morgan fingerprint density at radius 3 is 2.69 bits per heavy atom. The van der Waals surface area contributed by atoms with Gasteiger partial charge in [0.25, 0.3) is 0 Å². The number of piperidine rings is 1. The average molecular weight is 453 g/mol. The molecular weight excluding hydrogens is 427 g/mol. The molecule has 1 saturated heterocycles. The standard InChI is InChI=1S/C24H25FN4O2S/c1-17(25)13-18(3-2-9-26)20-14-19-6-10-27-16-23(19)24(15-20)28-21-7-11-29(12-8-21)32(30,31)22-4-5-22/h2-3,6,10,13-16,21-22,28H,1,4-5,7-8,11-12H2. The van der Waals surface area contributed by atoms with Gasteiger partial charge in [0.15, 0.2) is 0 Å². The Hall–Kier alpha value is -3.02. The van der Waals surface area contributed by atoms with Crippen molar-refractivity contribution in [2.75, 3.05) is 18.4 Å².